The zero-order valence-electron chi connectivity index (χ0n) is 14.8. The van der Waals surface area contributed by atoms with Crippen molar-refractivity contribution in [1.82, 2.24) is 10.6 Å². The van der Waals surface area contributed by atoms with Crippen LogP contribution in [0.25, 0.3) is 0 Å². The Labute approximate surface area is 155 Å². The van der Waals surface area contributed by atoms with E-state index in [4.69, 9.17) is 4.74 Å². The number of carbonyl (C=O) groups is 2. The van der Waals surface area contributed by atoms with Gasteiger partial charge >= 0.3 is 5.97 Å². The second-order valence-electron chi connectivity index (χ2n) is 6.16. The predicted octanol–water partition coefficient (Wildman–Crippen LogP) is 1.57. The van der Waals surface area contributed by atoms with E-state index in [0.717, 1.165) is 31.5 Å². The van der Waals surface area contributed by atoms with Gasteiger partial charge in [-0.15, -0.1) is 12.4 Å². The highest BCUT2D eigenvalue weighted by atomic mass is 35.5. The van der Waals surface area contributed by atoms with Crippen LogP contribution in [-0.4, -0.2) is 52.3 Å². The summed E-state index contributed by atoms with van der Waals surface area (Å²) in [6.07, 6.45) is 2.30. The van der Waals surface area contributed by atoms with Crippen LogP contribution in [0.15, 0.2) is 24.3 Å². The standard InChI is InChI=1S/C18H26N2O4.ClH/c1-23-13-18(8-11-19-12-9-18)17(22)20-10-7-14-3-5-15(6-4-14)16(21)24-2;/h3-6,19H,7-13H2,1-2H3,(H,20,22);1H. The molecule has 0 bridgehead atoms. The minimum Gasteiger partial charge on any atom is -0.465 e. The largest absolute Gasteiger partial charge is 0.465 e. The summed E-state index contributed by atoms with van der Waals surface area (Å²) in [5.41, 5.74) is 1.17. The summed E-state index contributed by atoms with van der Waals surface area (Å²) >= 11 is 0. The molecule has 0 atom stereocenters. The van der Waals surface area contributed by atoms with Crippen LogP contribution in [0.5, 0.6) is 0 Å². The van der Waals surface area contributed by atoms with Gasteiger partial charge in [0.15, 0.2) is 0 Å². The van der Waals surface area contributed by atoms with Gasteiger partial charge in [-0.1, -0.05) is 12.1 Å². The number of ether oxygens (including phenoxy) is 2. The quantitative estimate of drug-likeness (QED) is 0.712. The molecule has 1 fully saturated rings. The van der Waals surface area contributed by atoms with Gasteiger partial charge in [0.2, 0.25) is 5.91 Å². The Morgan fingerprint density at radius 3 is 2.36 bits per heavy atom. The molecule has 2 N–H and O–H groups in total. The van der Waals surface area contributed by atoms with Crippen molar-refractivity contribution in [1.29, 1.82) is 0 Å². The van der Waals surface area contributed by atoms with E-state index in [2.05, 4.69) is 15.4 Å². The van der Waals surface area contributed by atoms with Crippen LogP contribution < -0.4 is 10.6 Å². The zero-order valence-corrected chi connectivity index (χ0v) is 15.6. The summed E-state index contributed by atoms with van der Waals surface area (Å²) in [5.74, 6) is -0.278. The van der Waals surface area contributed by atoms with Gasteiger partial charge in [-0.2, -0.15) is 0 Å². The van der Waals surface area contributed by atoms with Gasteiger partial charge in [-0.25, -0.2) is 4.79 Å². The van der Waals surface area contributed by atoms with Crippen LogP contribution in [0.3, 0.4) is 0 Å². The fourth-order valence-electron chi connectivity index (χ4n) is 3.05. The van der Waals surface area contributed by atoms with Crippen molar-refractivity contribution in [3.05, 3.63) is 35.4 Å². The van der Waals surface area contributed by atoms with Crippen molar-refractivity contribution < 1.29 is 19.1 Å². The Kier molecular flexibility index (Phi) is 8.89. The van der Waals surface area contributed by atoms with E-state index in [1.807, 2.05) is 12.1 Å². The first kappa shape index (κ1) is 21.4. The third kappa shape index (κ3) is 5.70. The van der Waals surface area contributed by atoms with Gasteiger partial charge in [0, 0.05) is 13.7 Å². The molecule has 0 spiro atoms. The van der Waals surface area contributed by atoms with Crippen molar-refractivity contribution >= 4 is 24.3 Å². The van der Waals surface area contributed by atoms with Crippen molar-refractivity contribution in [2.24, 2.45) is 5.41 Å². The highest BCUT2D eigenvalue weighted by Gasteiger charge is 2.39. The second-order valence-corrected chi connectivity index (χ2v) is 6.16. The fourth-order valence-corrected chi connectivity index (χ4v) is 3.05. The number of rotatable bonds is 7. The summed E-state index contributed by atoms with van der Waals surface area (Å²) in [5, 5.41) is 6.32. The van der Waals surface area contributed by atoms with Gasteiger partial charge < -0.3 is 20.1 Å². The molecular formula is C18H27ClN2O4. The van der Waals surface area contributed by atoms with E-state index in [0.29, 0.717) is 25.1 Å². The Hall–Kier alpha value is -1.63. The number of hydrogen-bond donors (Lipinski definition) is 2. The van der Waals surface area contributed by atoms with E-state index in [1.54, 1.807) is 19.2 Å². The number of hydrogen-bond acceptors (Lipinski definition) is 5. The first-order chi connectivity index (χ1) is 11.6. The van der Waals surface area contributed by atoms with Gasteiger partial charge in [-0.3, -0.25) is 4.79 Å². The lowest BCUT2D eigenvalue weighted by Crippen LogP contribution is -2.50. The molecule has 7 heteroatoms. The predicted molar refractivity (Wildman–Crippen MR) is 98.2 cm³/mol. The highest BCUT2D eigenvalue weighted by Crippen LogP contribution is 2.29. The molecule has 1 saturated heterocycles. The smallest absolute Gasteiger partial charge is 0.337 e. The molecule has 0 aromatic heterocycles. The lowest BCUT2D eigenvalue weighted by Gasteiger charge is -2.35. The van der Waals surface area contributed by atoms with E-state index < -0.39 is 5.41 Å². The van der Waals surface area contributed by atoms with E-state index in [1.165, 1.54) is 7.11 Å². The number of benzene rings is 1. The van der Waals surface area contributed by atoms with Gasteiger partial charge in [0.05, 0.1) is 24.7 Å². The Bertz CT molecular complexity index is 551. The van der Waals surface area contributed by atoms with Crippen molar-refractivity contribution in [2.75, 3.05) is 40.5 Å². The maximum Gasteiger partial charge on any atom is 0.337 e. The molecule has 0 aliphatic carbocycles. The van der Waals surface area contributed by atoms with Crippen molar-refractivity contribution in [2.45, 2.75) is 19.3 Å². The summed E-state index contributed by atoms with van der Waals surface area (Å²) in [7, 11) is 3.00. The molecule has 2 rings (SSSR count). The van der Waals surface area contributed by atoms with E-state index in [-0.39, 0.29) is 24.3 Å². The third-order valence-electron chi connectivity index (χ3n) is 4.54. The summed E-state index contributed by atoms with van der Waals surface area (Å²) in [6.45, 7) is 2.70. The molecule has 0 saturated carbocycles. The fraction of sp³-hybridized carbons (Fsp3) is 0.556. The molecule has 1 heterocycles. The number of methoxy groups -OCH3 is 2. The molecule has 140 valence electrons. The SMILES string of the molecule is COCC1(C(=O)NCCc2ccc(C(=O)OC)cc2)CCNCC1.Cl. The highest BCUT2D eigenvalue weighted by molar-refractivity contribution is 5.89. The first-order valence-corrected chi connectivity index (χ1v) is 8.26. The average molecular weight is 371 g/mol. The number of amides is 1. The van der Waals surface area contributed by atoms with Gasteiger partial charge in [0.1, 0.15) is 0 Å². The monoisotopic (exact) mass is 370 g/mol. The third-order valence-corrected chi connectivity index (χ3v) is 4.54. The number of esters is 1. The van der Waals surface area contributed by atoms with Gasteiger partial charge in [0.25, 0.3) is 0 Å². The summed E-state index contributed by atoms with van der Waals surface area (Å²) < 4.78 is 9.96. The number of halogens is 1. The maximum atomic E-state index is 12.6. The van der Waals surface area contributed by atoms with E-state index in [9.17, 15) is 9.59 Å². The lowest BCUT2D eigenvalue weighted by atomic mass is 9.78. The van der Waals surface area contributed by atoms with Crippen molar-refractivity contribution in [3.63, 3.8) is 0 Å². The van der Waals surface area contributed by atoms with Crippen LogP contribution in [-0.2, 0) is 20.7 Å². The molecular weight excluding hydrogens is 344 g/mol. The zero-order chi connectivity index (χ0) is 17.4. The maximum absolute atomic E-state index is 12.6. The normalized spacial score (nSPS) is 15.8. The van der Waals surface area contributed by atoms with Crippen LogP contribution in [0, 0.1) is 5.41 Å². The Morgan fingerprint density at radius 2 is 1.80 bits per heavy atom. The van der Waals surface area contributed by atoms with E-state index >= 15 is 0 Å². The Morgan fingerprint density at radius 1 is 1.16 bits per heavy atom. The second kappa shape index (κ2) is 10.4. The lowest BCUT2D eigenvalue weighted by molar-refractivity contribution is -0.136. The molecule has 1 amide bonds. The molecule has 1 aromatic carbocycles. The molecule has 1 aromatic rings. The molecule has 25 heavy (non-hydrogen) atoms. The minimum absolute atomic E-state index is 0. The molecule has 1 aliphatic heterocycles. The van der Waals surface area contributed by atoms with Crippen LogP contribution in [0.2, 0.25) is 0 Å². The number of piperidine rings is 1. The molecule has 0 radical (unpaired) electrons. The first-order valence-electron chi connectivity index (χ1n) is 8.26. The van der Waals surface area contributed by atoms with Crippen LogP contribution in [0.4, 0.5) is 0 Å². The number of carbonyl (C=O) groups excluding carboxylic acids is 2. The average Bonchev–Trinajstić information content (AvgIpc) is 2.62. The molecule has 0 unspecified atom stereocenters. The summed E-state index contributed by atoms with van der Waals surface area (Å²) in [4.78, 5) is 24.0. The minimum atomic E-state index is -0.422. The molecule has 6 nitrogen and oxygen atoms in total. The molecule has 1 aliphatic rings. The van der Waals surface area contributed by atoms with Crippen LogP contribution >= 0.6 is 12.4 Å². The Balaban J connectivity index is 0.00000312. The topological polar surface area (TPSA) is 76.7 Å². The number of nitrogens with one attached hydrogen (secondary N) is 2. The van der Waals surface area contributed by atoms with Crippen LogP contribution in [0.1, 0.15) is 28.8 Å². The summed E-state index contributed by atoms with van der Waals surface area (Å²) in [6, 6.07) is 7.24. The van der Waals surface area contributed by atoms with Crippen molar-refractivity contribution in [3.8, 4) is 0 Å². The van der Waals surface area contributed by atoms with Gasteiger partial charge in [-0.05, 0) is 50.0 Å².